The zero-order valence-electron chi connectivity index (χ0n) is 9.71. The third-order valence-corrected chi connectivity index (χ3v) is 3.83. The van der Waals surface area contributed by atoms with Crippen LogP contribution in [0.25, 0.3) is 0 Å². The van der Waals surface area contributed by atoms with Crippen molar-refractivity contribution in [2.45, 2.75) is 37.6 Å². The first-order chi connectivity index (χ1) is 8.10. The SMILES string of the molecule is NC1(C(=O)Nc2ccc(Br)cc2)CCCCC1. The zero-order chi connectivity index (χ0) is 12.3. The number of benzene rings is 1. The molecule has 17 heavy (non-hydrogen) atoms. The number of nitrogens with one attached hydrogen (secondary N) is 1. The van der Waals surface area contributed by atoms with Gasteiger partial charge in [0.05, 0.1) is 5.54 Å². The molecule has 1 aliphatic carbocycles. The van der Waals surface area contributed by atoms with Gasteiger partial charge in [-0.05, 0) is 37.1 Å². The van der Waals surface area contributed by atoms with Crippen molar-refractivity contribution in [3.05, 3.63) is 28.7 Å². The largest absolute Gasteiger partial charge is 0.324 e. The van der Waals surface area contributed by atoms with Gasteiger partial charge in [-0.2, -0.15) is 0 Å². The van der Waals surface area contributed by atoms with Crippen LogP contribution in [0.2, 0.25) is 0 Å². The second kappa shape index (κ2) is 5.19. The molecule has 1 aromatic carbocycles. The van der Waals surface area contributed by atoms with Crippen LogP contribution in [0, 0.1) is 0 Å². The fourth-order valence-corrected chi connectivity index (χ4v) is 2.46. The van der Waals surface area contributed by atoms with Gasteiger partial charge in [0.2, 0.25) is 5.91 Å². The Labute approximate surface area is 110 Å². The van der Waals surface area contributed by atoms with E-state index in [-0.39, 0.29) is 5.91 Å². The monoisotopic (exact) mass is 296 g/mol. The Morgan fingerprint density at radius 2 is 1.76 bits per heavy atom. The smallest absolute Gasteiger partial charge is 0.244 e. The van der Waals surface area contributed by atoms with E-state index in [0.29, 0.717) is 0 Å². The summed E-state index contributed by atoms with van der Waals surface area (Å²) in [5, 5.41) is 2.89. The molecule has 4 heteroatoms. The lowest BCUT2D eigenvalue weighted by atomic mass is 9.82. The summed E-state index contributed by atoms with van der Waals surface area (Å²) in [5.74, 6) is -0.0560. The van der Waals surface area contributed by atoms with E-state index < -0.39 is 5.54 Å². The molecule has 1 amide bonds. The Morgan fingerprint density at radius 3 is 2.35 bits per heavy atom. The predicted octanol–water partition coefficient (Wildman–Crippen LogP) is 3.05. The summed E-state index contributed by atoms with van der Waals surface area (Å²) in [6, 6.07) is 7.54. The molecule has 92 valence electrons. The highest BCUT2D eigenvalue weighted by Gasteiger charge is 2.35. The maximum Gasteiger partial charge on any atom is 0.244 e. The topological polar surface area (TPSA) is 55.1 Å². The Morgan fingerprint density at radius 1 is 1.18 bits per heavy atom. The molecule has 0 atom stereocenters. The summed E-state index contributed by atoms with van der Waals surface area (Å²) in [6.45, 7) is 0. The van der Waals surface area contributed by atoms with Crippen molar-refractivity contribution >= 4 is 27.5 Å². The number of anilines is 1. The van der Waals surface area contributed by atoms with Crippen LogP contribution in [-0.2, 0) is 4.79 Å². The number of halogens is 1. The highest BCUT2D eigenvalue weighted by Crippen LogP contribution is 2.27. The van der Waals surface area contributed by atoms with Gasteiger partial charge in [0.15, 0.2) is 0 Å². The molecule has 0 aromatic heterocycles. The van der Waals surface area contributed by atoms with Gasteiger partial charge in [-0.3, -0.25) is 4.79 Å². The van der Waals surface area contributed by atoms with E-state index in [2.05, 4.69) is 21.2 Å². The van der Waals surface area contributed by atoms with E-state index in [1.807, 2.05) is 24.3 Å². The molecule has 2 rings (SSSR count). The van der Waals surface area contributed by atoms with Crippen LogP contribution < -0.4 is 11.1 Å². The number of amides is 1. The van der Waals surface area contributed by atoms with Crippen LogP contribution in [-0.4, -0.2) is 11.4 Å². The van der Waals surface area contributed by atoms with Crippen LogP contribution in [0.5, 0.6) is 0 Å². The minimum Gasteiger partial charge on any atom is -0.324 e. The fourth-order valence-electron chi connectivity index (χ4n) is 2.20. The van der Waals surface area contributed by atoms with Gasteiger partial charge in [-0.15, -0.1) is 0 Å². The zero-order valence-corrected chi connectivity index (χ0v) is 11.3. The third kappa shape index (κ3) is 3.07. The summed E-state index contributed by atoms with van der Waals surface area (Å²) in [7, 11) is 0. The van der Waals surface area contributed by atoms with Crippen LogP contribution in [0.1, 0.15) is 32.1 Å². The minimum atomic E-state index is -0.675. The quantitative estimate of drug-likeness (QED) is 0.881. The molecule has 1 fully saturated rings. The van der Waals surface area contributed by atoms with Gasteiger partial charge in [0.25, 0.3) is 0 Å². The second-order valence-electron chi connectivity index (χ2n) is 4.68. The Kier molecular flexibility index (Phi) is 3.84. The van der Waals surface area contributed by atoms with Gasteiger partial charge in [-0.25, -0.2) is 0 Å². The summed E-state index contributed by atoms with van der Waals surface area (Å²) in [5.41, 5.74) is 6.28. The molecule has 1 aliphatic rings. The maximum atomic E-state index is 12.1. The first-order valence-corrected chi connectivity index (χ1v) is 6.75. The summed E-state index contributed by atoms with van der Waals surface area (Å²) >= 11 is 3.36. The normalized spacial score (nSPS) is 18.7. The average Bonchev–Trinajstić information content (AvgIpc) is 2.33. The van der Waals surface area contributed by atoms with Crippen molar-refractivity contribution < 1.29 is 4.79 Å². The summed E-state index contributed by atoms with van der Waals surface area (Å²) < 4.78 is 0.996. The van der Waals surface area contributed by atoms with Crippen molar-refractivity contribution in [3.8, 4) is 0 Å². The molecule has 0 spiro atoms. The second-order valence-corrected chi connectivity index (χ2v) is 5.59. The van der Waals surface area contributed by atoms with E-state index in [0.717, 1.165) is 35.8 Å². The maximum absolute atomic E-state index is 12.1. The predicted molar refractivity (Wildman–Crippen MR) is 72.8 cm³/mol. The number of carbonyl (C=O) groups excluding carboxylic acids is 1. The molecular formula is C13H17BrN2O. The first kappa shape index (κ1) is 12.6. The lowest BCUT2D eigenvalue weighted by Gasteiger charge is -2.31. The van der Waals surface area contributed by atoms with Crippen LogP contribution in [0.3, 0.4) is 0 Å². The molecule has 1 aromatic rings. The standard InChI is InChI=1S/C13H17BrN2O/c14-10-4-6-11(7-5-10)16-12(17)13(15)8-2-1-3-9-13/h4-7H,1-3,8-9,15H2,(H,16,17). The van der Waals surface area contributed by atoms with E-state index in [1.165, 1.54) is 6.42 Å². The number of carbonyl (C=O) groups is 1. The van der Waals surface area contributed by atoms with Crippen molar-refractivity contribution in [1.82, 2.24) is 0 Å². The molecule has 0 unspecified atom stereocenters. The average molecular weight is 297 g/mol. The van der Waals surface area contributed by atoms with E-state index in [4.69, 9.17) is 5.73 Å². The number of nitrogens with two attached hydrogens (primary N) is 1. The fraction of sp³-hybridized carbons (Fsp3) is 0.462. The van der Waals surface area contributed by atoms with Crippen LogP contribution in [0.15, 0.2) is 28.7 Å². The minimum absolute atomic E-state index is 0.0560. The molecular weight excluding hydrogens is 280 g/mol. The third-order valence-electron chi connectivity index (χ3n) is 3.30. The molecule has 0 heterocycles. The lowest BCUT2D eigenvalue weighted by Crippen LogP contribution is -2.52. The highest BCUT2D eigenvalue weighted by molar-refractivity contribution is 9.10. The summed E-state index contributed by atoms with van der Waals surface area (Å²) in [4.78, 5) is 12.1. The highest BCUT2D eigenvalue weighted by atomic mass is 79.9. The number of hydrogen-bond acceptors (Lipinski definition) is 2. The van der Waals surface area contributed by atoms with Gasteiger partial charge in [0.1, 0.15) is 0 Å². The number of hydrogen-bond donors (Lipinski definition) is 2. The molecule has 0 radical (unpaired) electrons. The molecule has 3 N–H and O–H groups in total. The van der Waals surface area contributed by atoms with E-state index in [1.54, 1.807) is 0 Å². The first-order valence-electron chi connectivity index (χ1n) is 5.96. The Hall–Kier alpha value is -0.870. The summed E-state index contributed by atoms with van der Waals surface area (Å²) in [6.07, 6.45) is 4.85. The van der Waals surface area contributed by atoms with E-state index in [9.17, 15) is 4.79 Å². The van der Waals surface area contributed by atoms with Gasteiger partial charge in [0, 0.05) is 10.2 Å². The van der Waals surface area contributed by atoms with Crippen molar-refractivity contribution in [2.75, 3.05) is 5.32 Å². The van der Waals surface area contributed by atoms with Gasteiger partial charge in [-0.1, -0.05) is 35.2 Å². The van der Waals surface area contributed by atoms with Gasteiger partial charge < -0.3 is 11.1 Å². The molecule has 0 aliphatic heterocycles. The lowest BCUT2D eigenvalue weighted by molar-refractivity contribution is -0.122. The molecule has 0 bridgehead atoms. The van der Waals surface area contributed by atoms with Gasteiger partial charge >= 0.3 is 0 Å². The van der Waals surface area contributed by atoms with Crippen molar-refractivity contribution in [3.63, 3.8) is 0 Å². The molecule has 0 saturated heterocycles. The van der Waals surface area contributed by atoms with Crippen LogP contribution >= 0.6 is 15.9 Å². The van der Waals surface area contributed by atoms with Crippen LogP contribution in [0.4, 0.5) is 5.69 Å². The Balaban J connectivity index is 2.03. The van der Waals surface area contributed by atoms with Crippen molar-refractivity contribution in [2.24, 2.45) is 5.73 Å². The molecule has 1 saturated carbocycles. The number of rotatable bonds is 2. The van der Waals surface area contributed by atoms with Crippen molar-refractivity contribution in [1.29, 1.82) is 0 Å². The Bertz CT molecular complexity index is 396. The molecule has 3 nitrogen and oxygen atoms in total. The van der Waals surface area contributed by atoms with E-state index >= 15 is 0 Å².